The van der Waals surface area contributed by atoms with Gasteiger partial charge in [0.1, 0.15) is 11.9 Å². The summed E-state index contributed by atoms with van der Waals surface area (Å²) in [5.74, 6) is 1.82. The van der Waals surface area contributed by atoms with Gasteiger partial charge in [0.05, 0.1) is 25.8 Å². The zero-order chi connectivity index (χ0) is 16.1. The van der Waals surface area contributed by atoms with E-state index in [4.69, 9.17) is 14.2 Å². The maximum atomic E-state index is 11.8. The van der Waals surface area contributed by atoms with Gasteiger partial charge in [-0.15, -0.1) is 0 Å². The molecule has 2 heterocycles. The number of nitrogens with one attached hydrogen (secondary N) is 1. The molecule has 0 atom stereocenters. The number of carbonyl (C=O) groups excluding carboxylic acids is 1. The summed E-state index contributed by atoms with van der Waals surface area (Å²) in [4.78, 5) is 11.8. The van der Waals surface area contributed by atoms with Gasteiger partial charge in [-0.05, 0) is 24.6 Å². The maximum absolute atomic E-state index is 11.8. The van der Waals surface area contributed by atoms with Gasteiger partial charge in [-0.3, -0.25) is 4.79 Å². The molecule has 1 aromatic carbocycles. The van der Waals surface area contributed by atoms with Crippen LogP contribution < -0.4 is 10.2 Å². The number of carbonyl (C=O) groups is 1. The molecule has 2 aliphatic heterocycles. The van der Waals surface area contributed by atoms with Crippen LogP contribution in [0.25, 0.3) is 0 Å². The lowest BCUT2D eigenvalue weighted by Gasteiger charge is -2.25. The number of hydrogen-bond acceptors (Lipinski definition) is 6. The highest BCUT2D eigenvalue weighted by atomic mass is 32.2. The molecule has 0 spiro atoms. The summed E-state index contributed by atoms with van der Waals surface area (Å²) in [6.07, 6.45) is 2.02. The van der Waals surface area contributed by atoms with Crippen LogP contribution in [0.1, 0.15) is 18.9 Å². The van der Waals surface area contributed by atoms with Crippen molar-refractivity contribution in [2.24, 2.45) is 5.10 Å². The van der Waals surface area contributed by atoms with Crippen LogP contribution in [-0.2, 0) is 14.3 Å². The van der Waals surface area contributed by atoms with Crippen molar-refractivity contribution in [3.8, 4) is 5.75 Å². The largest absolute Gasteiger partial charge is 0.489 e. The summed E-state index contributed by atoms with van der Waals surface area (Å²) in [5.41, 5.74) is 3.36. The third-order valence-corrected chi connectivity index (χ3v) is 4.77. The van der Waals surface area contributed by atoms with E-state index in [0.29, 0.717) is 19.3 Å². The van der Waals surface area contributed by atoms with E-state index in [2.05, 4.69) is 10.5 Å². The van der Waals surface area contributed by atoms with E-state index in [1.165, 1.54) is 0 Å². The van der Waals surface area contributed by atoms with Gasteiger partial charge in [0, 0.05) is 11.5 Å². The molecule has 1 amide bonds. The zero-order valence-electron chi connectivity index (χ0n) is 13.0. The van der Waals surface area contributed by atoms with Gasteiger partial charge in [0.15, 0.2) is 5.79 Å². The van der Waals surface area contributed by atoms with Crippen molar-refractivity contribution in [1.29, 1.82) is 0 Å². The van der Waals surface area contributed by atoms with Crippen LogP contribution in [0.5, 0.6) is 5.75 Å². The van der Waals surface area contributed by atoms with Crippen LogP contribution in [0.4, 0.5) is 0 Å². The van der Waals surface area contributed by atoms with Gasteiger partial charge in [-0.1, -0.05) is 12.1 Å². The van der Waals surface area contributed by atoms with Crippen molar-refractivity contribution >= 4 is 23.9 Å². The second-order valence-electron chi connectivity index (χ2n) is 5.65. The van der Waals surface area contributed by atoms with Crippen LogP contribution >= 0.6 is 11.8 Å². The molecule has 0 bridgehead atoms. The van der Waals surface area contributed by atoms with Crippen LogP contribution in [0.15, 0.2) is 29.4 Å². The van der Waals surface area contributed by atoms with Gasteiger partial charge in [0.25, 0.3) is 0 Å². The zero-order valence-corrected chi connectivity index (χ0v) is 13.8. The Morgan fingerprint density at radius 3 is 2.96 bits per heavy atom. The molecule has 1 N–H and O–H groups in total. The summed E-state index contributed by atoms with van der Waals surface area (Å²) in [6.45, 7) is 2.78. The smallest absolute Gasteiger partial charge is 0.245 e. The third-order valence-electron chi connectivity index (χ3n) is 3.55. The molecule has 0 saturated carbocycles. The molecular weight excluding hydrogens is 316 g/mol. The normalized spacial score (nSPS) is 20.4. The van der Waals surface area contributed by atoms with Gasteiger partial charge >= 0.3 is 0 Å². The standard InChI is InChI=1S/C16H20N2O4S/c1-16(20-5-6-21-16)8-15(19)18-17-9-12-3-2-4-13(7-12)22-14-10-23-11-14/h2-4,7,9,14H,5-6,8,10-11H2,1H3,(H,18,19)/b17-9+. The molecule has 124 valence electrons. The number of benzene rings is 1. The molecule has 0 aliphatic carbocycles. The molecule has 2 fully saturated rings. The monoisotopic (exact) mass is 336 g/mol. The van der Waals surface area contributed by atoms with Crippen molar-refractivity contribution < 1.29 is 19.0 Å². The van der Waals surface area contributed by atoms with Crippen molar-refractivity contribution in [3.63, 3.8) is 0 Å². The summed E-state index contributed by atoms with van der Waals surface area (Å²) in [5, 5.41) is 3.97. The van der Waals surface area contributed by atoms with Gasteiger partial charge in [-0.25, -0.2) is 5.43 Å². The predicted octanol–water partition coefficient (Wildman–Crippen LogP) is 1.78. The first-order chi connectivity index (χ1) is 11.1. The fourth-order valence-corrected chi connectivity index (χ4v) is 2.88. The van der Waals surface area contributed by atoms with Gasteiger partial charge in [0.2, 0.25) is 5.91 Å². The number of rotatable bonds is 6. The predicted molar refractivity (Wildman–Crippen MR) is 88.8 cm³/mol. The highest BCUT2D eigenvalue weighted by Gasteiger charge is 2.33. The first kappa shape index (κ1) is 16.3. The Labute approximate surface area is 139 Å². The molecule has 2 saturated heterocycles. The summed E-state index contributed by atoms with van der Waals surface area (Å²) >= 11 is 1.88. The average Bonchev–Trinajstić information content (AvgIpc) is 2.90. The lowest BCUT2D eigenvalue weighted by Crippen LogP contribution is -2.33. The number of thioether (sulfide) groups is 1. The first-order valence-electron chi connectivity index (χ1n) is 7.57. The molecule has 7 heteroatoms. The second kappa shape index (κ2) is 7.33. The Bertz CT molecular complexity index is 583. The van der Waals surface area contributed by atoms with Crippen LogP contribution in [-0.4, -0.2) is 48.7 Å². The average molecular weight is 336 g/mol. The maximum Gasteiger partial charge on any atom is 0.245 e. The minimum Gasteiger partial charge on any atom is -0.489 e. The topological polar surface area (TPSA) is 69.2 Å². The minimum absolute atomic E-state index is 0.118. The van der Waals surface area contributed by atoms with E-state index >= 15 is 0 Å². The molecule has 1 aromatic rings. The van der Waals surface area contributed by atoms with E-state index in [0.717, 1.165) is 22.8 Å². The Morgan fingerprint density at radius 2 is 2.26 bits per heavy atom. The number of amides is 1. The Kier molecular flexibility index (Phi) is 5.20. The number of ether oxygens (including phenoxy) is 3. The molecule has 0 unspecified atom stereocenters. The van der Waals surface area contributed by atoms with Gasteiger partial charge < -0.3 is 14.2 Å². The number of hydrogen-bond donors (Lipinski definition) is 1. The highest BCUT2D eigenvalue weighted by Crippen LogP contribution is 2.24. The molecule has 6 nitrogen and oxygen atoms in total. The van der Waals surface area contributed by atoms with Crippen molar-refractivity contribution in [3.05, 3.63) is 29.8 Å². The van der Waals surface area contributed by atoms with E-state index < -0.39 is 5.79 Å². The molecule has 23 heavy (non-hydrogen) atoms. The van der Waals surface area contributed by atoms with Crippen molar-refractivity contribution in [2.75, 3.05) is 24.7 Å². The quantitative estimate of drug-likeness (QED) is 0.633. The molecular formula is C16H20N2O4S. The van der Waals surface area contributed by atoms with Crippen LogP contribution in [0.3, 0.4) is 0 Å². The summed E-state index contributed by atoms with van der Waals surface area (Å²) in [7, 11) is 0. The number of nitrogens with zero attached hydrogens (tertiary/aromatic N) is 1. The van der Waals surface area contributed by atoms with Crippen LogP contribution in [0.2, 0.25) is 0 Å². The Balaban J connectivity index is 1.49. The summed E-state index contributed by atoms with van der Waals surface area (Å²) < 4.78 is 16.6. The van der Waals surface area contributed by atoms with E-state index in [1.807, 2.05) is 36.0 Å². The fourth-order valence-electron chi connectivity index (χ4n) is 2.31. The highest BCUT2D eigenvalue weighted by molar-refractivity contribution is 8.00. The first-order valence-corrected chi connectivity index (χ1v) is 8.73. The lowest BCUT2D eigenvalue weighted by atomic mass is 10.2. The van der Waals surface area contributed by atoms with E-state index in [1.54, 1.807) is 13.1 Å². The van der Waals surface area contributed by atoms with Crippen LogP contribution in [0, 0.1) is 0 Å². The fraction of sp³-hybridized carbons (Fsp3) is 0.500. The molecule has 3 rings (SSSR count). The second-order valence-corrected chi connectivity index (χ2v) is 6.73. The van der Waals surface area contributed by atoms with Crippen molar-refractivity contribution in [1.82, 2.24) is 5.43 Å². The van der Waals surface area contributed by atoms with E-state index in [9.17, 15) is 4.79 Å². The molecule has 0 radical (unpaired) electrons. The van der Waals surface area contributed by atoms with Crippen molar-refractivity contribution in [2.45, 2.75) is 25.2 Å². The van der Waals surface area contributed by atoms with Gasteiger partial charge in [-0.2, -0.15) is 16.9 Å². The molecule has 0 aromatic heterocycles. The Morgan fingerprint density at radius 1 is 1.48 bits per heavy atom. The SMILES string of the molecule is CC1(CC(=O)N/N=C/c2cccc(OC3CSC3)c2)OCCO1. The minimum atomic E-state index is -0.839. The summed E-state index contributed by atoms with van der Waals surface area (Å²) in [6, 6.07) is 7.64. The lowest BCUT2D eigenvalue weighted by molar-refractivity contribution is -0.159. The third kappa shape index (κ3) is 4.70. The molecule has 2 aliphatic rings. The van der Waals surface area contributed by atoms with E-state index in [-0.39, 0.29) is 12.3 Å². The number of hydrazone groups is 1. The Hall–Kier alpha value is -1.57.